The van der Waals surface area contributed by atoms with Crippen molar-refractivity contribution < 1.29 is 9.47 Å². The maximum atomic E-state index is 5.54. The number of ether oxygens (including phenoxy) is 2. The van der Waals surface area contributed by atoms with Gasteiger partial charge in [-0.2, -0.15) is 0 Å². The van der Waals surface area contributed by atoms with Crippen molar-refractivity contribution in [3.63, 3.8) is 0 Å². The number of hydrogen-bond donors (Lipinski definition) is 1. The fourth-order valence-electron chi connectivity index (χ4n) is 1.98. The molecule has 1 aliphatic rings. The van der Waals surface area contributed by atoms with Crippen LogP contribution in [0.2, 0.25) is 0 Å². The molecule has 1 aromatic carbocycles. The number of benzene rings is 1. The molecule has 0 bridgehead atoms. The minimum atomic E-state index is 0.444. The van der Waals surface area contributed by atoms with Gasteiger partial charge in [0.15, 0.2) is 0 Å². The largest absolute Gasteiger partial charge is 0.494 e. The summed E-state index contributed by atoms with van der Waals surface area (Å²) in [5.41, 5.74) is 1.16. The van der Waals surface area contributed by atoms with Gasteiger partial charge in [0.1, 0.15) is 5.75 Å². The fraction of sp³-hybridized carbons (Fsp3) is 0.571. The Balaban J connectivity index is 1.78. The lowest BCUT2D eigenvalue weighted by Crippen LogP contribution is -2.40. The van der Waals surface area contributed by atoms with E-state index in [0.29, 0.717) is 12.1 Å². The predicted octanol–water partition coefficient (Wildman–Crippen LogP) is 3.06. The van der Waals surface area contributed by atoms with Crippen molar-refractivity contribution in [3.05, 3.63) is 24.3 Å². The van der Waals surface area contributed by atoms with Gasteiger partial charge in [-0.3, -0.25) is 0 Å². The van der Waals surface area contributed by atoms with Gasteiger partial charge < -0.3 is 14.8 Å². The molecule has 0 heterocycles. The summed E-state index contributed by atoms with van der Waals surface area (Å²) in [7, 11) is 1.78. The SMILES string of the molecule is CCCOc1ccc(NC2CC(OC)C2)cc1. The van der Waals surface area contributed by atoms with E-state index < -0.39 is 0 Å². The van der Waals surface area contributed by atoms with Crippen LogP contribution in [0.3, 0.4) is 0 Å². The van der Waals surface area contributed by atoms with Crippen LogP contribution < -0.4 is 10.1 Å². The van der Waals surface area contributed by atoms with Crippen molar-refractivity contribution in [1.29, 1.82) is 0 Å². The van der Waals surface area contributed by atoms with Gasteiger partial charge in [-0.15, -0.1) is 0 Å². The fourth-order valence-corrected chi connectivity index (χ4v) is 1.98. The van der Waals surface area contributed by atoms with Gasteiger partial charge in [-0.25, -0.2) is 0 Å². The number of anilines is 1. The first-order valence-electron chi connectivity index (χ1n) is 6.34. The summed E-state index contributed by atoms with van der Waals surface area (Å²) in [4.78, 5) is 0. The Labute approximate surface area is 103 Å². The van der Waals surface area contributed by atoms with Crippen molar-refractivity contribution in [1.82, 2.24) is 0 Å². The number of nitrogens with one attached hydrogen (secondary N) is 1. The van der Waals surface area contributed by atoms with E-state index >= 15 is 0 Å². The van der Waals surface area contributed by atoms with Crippen LogP contribution in [0.4, 0.5) is 5.69 Å². The van der Waals surface area contributed by atoms with Crippen molar-refractivity contribution in [2.45, 2.75) is 38.3 Å². The molecule has 1 aliphatic carbocycles. The molecular formula is C14H21NO2. The normalized spacial score (nSPS) is 22.9. The summed E-state index contributed by atoms with van der Waals surface area (Å²) in [6, 6.07) is 8.74. The van der Waals surface area contributed by atoms with E-state index in [1.54, 1.807) is 7.11 Å². The Hall–Kier alpha value is -1.22. The molecule has 0 spiro atoms. The lowest BCUT2D eigenvalue weighted by Gasteiger charge is -2.35. The van der Waals surface area contributed by atoms with Crippen LogP contribution in [0.5, 0.6) is 5.75 Å². The summed E-state index contributed by atoms with van der Waals surface area (Å²) in [6.07, 6.45) is 3.69. The first kappa shape index (κ1) is 12.2. The zero-order chi connectivity index (χ0) is 12.1. The molecule has 3 nitrogen and oxygen atoms in total. The molecule has 2 rings (SSSR count). The van der Waals surface area contributed by atoms with Crippen LogP contribution in [0.15, 0.2) is 24.3 Å². The highest BCUT2D eigenvalue weighted by Crippen LogP contribution is 2.27. The van der Waals surface area contributed by atoms with Gasteiger partial charge in [-0.05, 0) is 43.5 Å². The molecule has 94 valence electrons. The predicted molar refractivity (Wildman–Crippen MR) is 69.7 cm³/mol. The molecule has 1 saturated carbocycles. The molecule has 0 unspecified atom stereocenters. The highest BCUT2D eigenvalue weighted by Gasteiger charge is 2.28. The van der Waals surface area contributed by atoms with Crippen molar-refractivity contribution in [2.75, 3.05) is 19.0 Å². The maximum Gasteiger partial charge on any atom is 0.119 e. The molecule has 3 heteroatoms. The smallest absolute Gasteiger partial charge is 0.119 e. The summed E-state index contributed by atoms with van der Waals surface area (Å²) in [5, 5.41) is 3.49. The van der Waals surface area contributed by atoms with Crippen LogP contribution in [-0.2, 0) is 4.74 Å². The molecule has 0 radical (unpaired) electrons. The summed E-state index contributed by atoms with van der Waals surface area (Å²) in [6.45, 7) is 2.89. The second-order valence-corrected chi connectivity index (χ2v) is 4.54. The van der Waals surface area contributed by atoms with E-state index in [0.717, 1.165) is 37.3 Å². The lowest BCUT2D eigenvalue weighted by atomic mass is 9.89. The molecule has 0 amide bonds. The Bertz CT molecular complexity index is 331. The minimum absolute atomic E-state index is 0.444. The van der Waals surface area contributed by atoms with Gasteiger partial charge in [0.05, 0.1) is 12.7 Å². The maximum absolute atomic E-state index is 5.54. The molecule has 17 heavy (non-hydrogen) atoms. The Morgan fingerprint density at radius 1 is 1.24 bits per heavy atom. The Morgan fingerprint density at radius 3 is 2.53 bits per heavy atom. The molecule has 0 saturated heterocycles. The van der Waals surface area contributed by atoms with E-state index in [4.69, 9.17) is 9.47 Å². The second-order valence-electron chi connectivity index (χ2n) is 4.54. The van der Waals surface area contributed by atoms with E-state index in [1.807, 2.05) is 12.1 Å². The van der Waals surface area contributed by atoms with E-state index in [-0.39, 0.29) is 0 Å². The minimum Gasteiger partial charge on any atom is -0.494 e. The van der Waals surface area contributed by atoms with Crippen LogP contribution in [0, 0.1) is 0 Å². The second kappa shape index (κ2) is 5.92. The van der Waals surface area contributed by atoms with Crippen LogP contribution in [-0.4, -0.2) is 25.9 Å². The molecule has 1 aromatic rings. The highest BCUT2D eigenvalue weighted by molar-refractivity contribution is 5.47. The molecule has 1 fully saturated rings. The first-order chi connectivity index (χ1) is 8.31. The number of rotatable bonds is 6. The van der Waals surface area contributed by atoms with Gasteiger partial charge >= 0.3 is 0 Å². The van der Waals surface area contributed by atoms with Gasteiger partial charge in [0, 0.05) is 18.8 Å². The third kappa shape index (κ3) is 3.37. The topological polar surface area (TPSA) is 30.5 Å². The standard InChI is InChI=1S/C14H21NO2/c1-3-8-17-13-6-4-11(5-7-13)15-12-9-14(10-12)16-2/h4-7,12,14-15H,3,8-10H2,1-2H3. The molecular weight excluding hydrogens is 214 g/mol. The van der Waals surface area contributed by atoms with Gasteiger partial charge in [0.25, 0.3) is 0 Å². The summed E-state index contributed by atoms with van der Waals surface area (Å²) < 4.78 is 10.8. The Morgan fingerprint density at radius 2 is 1.94 bits per heavy atom. The Kier molecular flexibility index (Phi) is 4.26. The third-order valence-electron chi connectivity index (χ3n) is 3.13. The highest BCUT2D eigenvalue weighted by atomic mass is 16.5. The average Bonchev–Trinajstić information content (AvgIpc) is 2.32. The third-order valence-corrected chi connectivity index (χ3v) is 3.13. The monoisotopic (exact) mass is 235 g/mol. The van der Waals surface area contributed by atoms with Crippen molar-refractivity contribution in [3.8, 4) is 5.75 Å². The average molecular weight is 235 g/mol. The lowest BCUT2D eigenvalue weighted by molar-refractivity contribution is 0.0329. The van der Waals surface area contributed by atoms with E-state index in [1.165, 1.54) is 0 Å². The van der Waals surface area contributed by atoms with Crippen molar-refractivity contribution >= 4 is 5.69 Å². The molecule has 0 atom stereocenters. The van der Waals surface area contributed by atoms with Gasteiger partial charge in [-0.1, -0.05) is 6.92 Å². The van der Waals surface area contributed by atoms with Crippen LogP contribution >= 0.6 is 0 Å². The van der Waals surface area contributed by atoms with Crippen molar-refractivity contribution in [2.24, 2.45) is 0 Å². The molecule has 0 aliphatic heterocycles. The van der Waals surface area contributed by atoms with E-state index in [2.05, 4.69) is 24.4 Å². The van der Waals surface area contributed by atoms with Crippen LogP contribution in [0.25, 0.3) is 0 Å². The number of methoxy groups -OCH3 is 1. The quantitative estimate of drug-likeness (QED) is 0.822. The first-order valence-corrected chi connectivity index (χ1v) is 6.34. The summed E-state index contributed by atoms with van der Waals surface area (Å²) >= 11 is 0. The van der Waals surface area contributed by atoms with E-state index in [9.17, 15) is 0 Å². The summed E-state index contributed by atoms with van der Waals surface area (Å²) in [5.74, 6) is 0.945. The molecule has 0 aromatic heterocycles. The number of hydrogen-bond acceptors (Lipinski definition) is 3. The zero-order valence-electron chi connectivity index (χ0n) is 10.6. The zero-order valence-corrected chi connectivity index (χ0v) is 10.6. The molecule has 1 N–H and O–H groups in total. The van der Waals surface area contributed by atoms with Gasteiger partial charge in [0.2, 0.25) is 0 Å². The van der Waals surface area contributed by atoms with Crippen LogP contribution in [0.1, 0.15) is 26.2 Å².